The molecule has 25 heavy (non-hydrogen) atoms. The van der Waals surface area contributed by atoms with Crippen molar-refractivity contribution in [3.05, 3.63) is 23.4 Å². The van der Waals surface area contributed by atoms with Crippen molar-refractivity contribution >= 4 is 23.6 Å². The number of ether oxygens (including phenoxy) is 2. The van der Waals surface area contributed by atoms with Crippen molar-refractivity contribution in [1.29, 1.82) is 0 Å². The van der Waals surface area contributed by atoms with Gasteiger partial charge in [-0.25, -0.2) is 9.78 Å². The van der Waals surface area contributed by atoms with Crippen LogP contribution in [0, 0.1) is 5.92 Å². The minimum absolute atomic E-state index is 0.0250. The van der Waals surface area contributed by atoms with E-state index < -0.39 is 18.0 Å². The first-order valence-electron chi connectivity index (χ1n) is 8.21. The first-order chi connectivity index (χ1) is 11.7. The van der Waals surface area contributed by atoms with Crippen LogP contribution in [0.2, 0.25) is 5.02 Å². The zero-order valence-electron chi connectivity index (χ0n) is 15.2. The summed E-state index contributed by atoms with van der Waals surface area (Å²) in [4.78, 5) is 27.9. The molecule has 0 aliphatic carbocycles. The molecule has 0 bridgehead atoms. The number of halogens is 1. The molecule has 0 radical (unpaired) electrons. The molecule has 2 amide bonds. The summed E-state index contributed by atoms with van der Waals surface area (Å²) in [5.41, 5.74) is 0. The Hall–Kier alpha value is -1.86. The van der Waals surface area contributed by atoms with E-state index in [4.69, 9.17) is 21.1 Å². The van der Waals surface area contributed by atoms with Crippen LogP contribution < -0.4 is 15.4 Å². The summed E-state index contributed by atoms with van der Waals surface area (Å²) < 4.78 is 10.5. The van der Waals surface area contributed by atoms with E-state index in [1.54, 1.807) is 26.0 Å². The number of imide groups is 1. The van der Waals surface area contributed by atoms with Crippen LogP contribution in [0.4, 0.5) is 4.79 Å². The van der Waals surface area contributed by atoms with E-state index >= 15 is 0 Å². The standard InChI is InChI=1S/C17H26ClN3O4/c1-10(2)15(16(22)21-17(23)25-11(3)4)20-12(5)9-24-14-7-6-13(18)8-19-14/h6-8,10-12,15,20H,9H2,1-5H3,(H,21,22,23)/t12?,15-/m0/s1. The smallest absolute Gasteiger partial charge is 0.414 e. The quantitative estimate of drug-likeness (QED) is 0.730. The lowest BCUT2D eigenvalue weighted by Gasteiger charge is -2.25. The molecule has 0 aromatic carbocycles. The lowest BCUT2D eigenvalue weighted by Crippen LogP contribution is -2.53. The number of carbonyl (C=O) groups excluding carboxylic acids is 2. The van der Waals surface area contributed by atoms with Gasteiger partial charge in [-0.3, -0.25) is 15.4 Å². The molecule has 1 aromatic rings. The fraction of sp³-hybridized carbons (Fsp3) is 0.588. The minimum atomic E-state index is -0.748. The maximum absolute atomic E-state index is 12.3. The number of hydrogen-bond donors (Lipinski definition) is 2. The molecule has 0 aliphatic heterocycles. The van der Waals surface area contributed by atoms with Gasteiger partial charge in [0.15, 0.2) is 0 Å². The minimum Gasteiger partial charge on any atom is -0.476 e. The second kappa shape index (κ2) is 10.2. The Morgan fingerprint density at radius 3 is 2.40 bits per heavy atom. The molecule has 7 nitrogen and oxygen atoms in total. The van der Waals surface area contributed by atoms with Crippen molar-refractivity contribution < 1.29 is 19.1 Å². The highest BCUT2D eigenvalue weighted by Crippen LogP contribution is 2.12. The fourth-order valence-corrected chi connectivity index (χ4v) is 2.12. The first-order valence-corrected chi connectivity index (χ1v) is 8.58. The molecule has 1 rings (SSSR count). The summed E-state index contributed by atoms with van der Waals surface area (Å²) in [6.07, 6.45) is 0.457. The zero-order chi connectivity index (χ0) is 19.0. The zero-order valence-corrected chi connectivity index (χ0v) is 16.0. The topological polar surface area (TPSA) is 89.5 Å². The maximum atomic E-state index is 12.3. The van der Waals surface area contributed by atoms with E-state index in [-0.39, 0.29) is 18.1 Å². The number of pyridine rings is 1. The number of hydrogen-bond acceptors (Lipinski definition) is 6. The van der Waals surface area contributed by atoms with Crippen LogP contribution in [0.5, 0.6) is 5.88 Å². The third kappa shape index (κ3) is 8.18. The highest BCUT2D eigenvalue weighted by Gasteiger charge is 2.26. The number of nitrogens with one attached hydrogen (secondary N) is 2. The summed E-state index contributed by atoms with van der Waals surface area (Å²) in [5.74, 6) is -0.0100. The van der Waals surface area contributed by atoms with Crippen molar-refractivity contribution in [2.24, 2.45) is 5.92 Å². The Labute approximate surface area is 153 Å². The summed E-state index contributed by atoms with van der Waals surface area (Å²) in [6, 6.07) is 2.66. The number of nitrogens with zero attached hydrogens (tertiary/aromatic N) is 1. The van der Waals surface area contributed by atoms with Gasteiger partial charge in [-0.2, -0.15) is 0 Å². The third-order valence-corrected chi connectivity index (χ3v) is 3.39. The average molecular weight is 372 g/mol. The highest BCUT2D eigenvalue weighted by molar-refractivity contribution is 6.30. The lowest BCUT2D eigenvalue weighted by molar-refractivity contribution is -0.123. The molecule has 0 fully saturated rings. The summed E-state index contributed by atoms with van der Waals surface area (Å²) in [5, 5.41) is 5.94. The van der Waals surface area contributed by atoms with Crippen LogP contribution in [0.25, 0.3) is 0 Å². The molecule has 1 heterocycles. The van der Waals surface area contributed by atoms with Gasteiger partial charge in [-0.05, 0) is 32.8 Å². The number of amides is 2. The predicted molar refractivity (Wildman–Crippen MR) is 95.7 cm³/mol. The lowest BCUT2D eigenvalue weighted by atomic mass is 10.0. The van der Waals surface area contributed by atoms with Crippen molar-refractivity contribution in [2.75, 3.05) is 6.61 Å². The molecule has 0 saturated heterocycles. The molecule has 140 valence electrons. The van der Waals surface area contributed by atoms with Crippen LogP contribution >= 0.6 is 11.6 Å². The van der Waals surface area contributed by atoms with E-state index in [2.05, 4.69) is 15.6 Å². The Balaban J connectivity index is 2.53. The van der Waals surface area contributed by atoms with Gasteiger partial charge in [-0.1, -0.05) is 25.4 Å². The van der Waals surface area contributed by atoms with Gasteiger partial charge < -0.3 is 9.47 Å². The maximum Gasteiger partial charge on any atom is 0.414 e. The van der Waals surface area contributed by atoms with Gasteiger partial charge >= 0.3 is 6.09 Å². The first kappa shape index (κ1) is 21.2. The summed E-state index contributed by atoms with van der Waals surface area (Å²) >= 11 is 5.77. The van der Waals surface area contributed by atoms with Gasteiger partial charge in [0, 0.05) is 18.3 Å². The van der Waals surface area contributed by atoms with Crippen molar-refractivity contribution in [2.45, 2.75) is 52.8 Å². The van der Waals surface area contributed by atoms with Crippen molar-refractivity contribution in [1.82, 2.24) is 15.6 Å². The molecule has 1 aromatic heterocycles. The van der Waals surface area contributed by atoms with E-state index in [1.165, 1.54) is 6.20 Å². The molecule has 2 atom stereocenters. The van der Waals surface area contributed by atoms with Gasteiger partial charge in [-0.15, -0.1) is 0 Å². The molecular weight excluding hydrogens is 346 g/mol. The van der Waals surface area contributed by atoms with Crippen LogP contribution in [-0.4, -0.2) is 41.8 Å². The van der Waals surface area contributed by atoms with Crippen molar-refractivity contribution in [3.8, 4) is 5.88 Å². The molecule has 0 saturated carbocycles. The summed E-state index contributed by atoms with van der Waals surface area (Å²) in [6.45, 7) is 9.39. The molecule has 1 unspecified atom stereocenters. The van der Waals surface area contributed by atoms with Crippen LogP contribution in [0.3, 0.4) is 0 Å². The van der Waals surface area contributed by atoms with Gasteiger partial charge in [0.2, 0.25) is 11.8 Å². The van der Waals surface area contributed by atoms with Gasteiger partial charge in [0.1, 0.15) is 6.61 Å². The summed E-state index contributed by atoms with van der Waals surface area (Å²) in [7, 11) is 0. The monoisotopic (exact) mass is 371 g/mol. The molecule has 0 aliphatic rings. The van der Waals surface area contributed by atoms with Gasteiger partial charge in [0.25, 0.3) is 0 Å². The van der Waals surface area contributed by atoms with Crippen LogP contribution in [0.1, 0.15) is 34.6 Å². The van der Waals surface area contributed by atoms with Crippen molar-refractivity contribution in [3.63, 3.8) is 0 Å². The average Bonchev–Trinajstić information content (AvgIpc) is 2.50. The van der Waals surface area contributed by atoms with E-state index in [0.29, 0.717) is 17.5 Å². The number of aromatic nitrogens is 1. The molecular formula is C17H26ClN3O4. The van der Waals surface area contributed by atoms with Gasteiger partial charge in [0.05, 0.1) is 17.2 Å². The second-order valence-electron chi connectivity index (χ2n) is 6.36. The second-order valence-corrected chi connectivity index (χ2v) is 6.79. The normalized spacial score (nSPS) is 13.4. The van der Waals surface area contributed by atoms with Crippen LogP contribution in [0.15, 0.2) is 18.3 Å². The van der Waals surface area contributed by atoms with E-state index in [1.807, 2.05) is 20.8 Å². The third-order valence-electron chi connectivity index (χ3n) is 3.16. The largest absolute Gasteiger partial charge is 0.476 e. The number of alkyl carbamates (subject to hydrolysis) is 1. The molecule has 0 spiro atoms. The van der Waals surface area contributed by atoms with E-state index in [0.717, 1.165) is 0 Å². The Kier molecular flexibility index (Phi) is 8.65. The number of rotatable bonds is 8. The highest BCUT2D eigenvalue weighted by atomic mass is 35.5. The van der Waals surface area contributed by atoms with Crippen LogP contribution in [-0.2, 0) is 9.53 Å². The Morgan fingerprint density at radius 2 is 1.88 bits per heavy atom. The Morgan fingerprint density at radius 1 is 1.20 bits per heavy atom. The molecule has 2 N–H and O–H groups in total. The van der Waals surface area contributed by atoms with E-state index in [9.17, 15) is 9.59 Å². The SMILES string of the molecule is CC(COc1ccc(Cl)cn1)N[C@H](C(=O)NC(=O)OC(C)C)C(C)C. The fourth-order valence-electron chi connectivity index (χ4n) is 2.01. The Bertz CT molecular complexity index is 564. The molecule has 8 heteroatoms. The predicted octanol–water partition coefficient (Wildman–Crippen LogP) is 2.78. The number of carbonyl (C=O) groups is 2.